The molecule has 2 heterocycles. The van der Waals surface area contributed by atoms with Gasteiger partial charge in [0.15, 0.2) is 0 Å². The van der Waals surface area contributed by atoms with Crippen molar-refractivity contribution < 1.29 is 14.7 Å². The van der Waals surface area contributed by atoms with Crippen LogP contribution < -0.4 is 4.90 Å². The van der Waals surface area contributed by atoms with Crippen molar-refractivity contribution in [2.24, 2.45) is 0 Å². The van der Waals surface area contributed by atoms with Gasteiger partial charge < -0.3 is 5.11 Å². The van der Waals surface area contributed by atoms with Gasteiger partial charge in [0.1, 0.15) is 5.76 Å². The highest BCUT2D eigenvalue weighted by Gasteiger charge is 2.48. The standard InChI is InChI=1S/C25H23N3O3/c1-25(2,3)18-12-10-16(11-13-18)20-19(21(29)17-8-5-4-6-9-17)22(30)23(31)28(20)24-26-14-7-15-27-24/h4-15,20,29H,1-3H3/b21-19-. The molecule has 0 radical (unpaired) electrons. The molecule has 0 spiro atoms. The van der Waals surface area contributed by atoms with Crippen molar-refractivity contribution in [1.29, 1.82) is 0 Å². The van der Waals surface area contributed by atoms with Crippen LogP contribution in [0.25, 0.3) is 5.76 Å². The fourth-order valence-corrected chi connectivity index (χ4v) is 3.69. The first-order chi connectivity index (χ1) is 14.8. The quantitative estimate of drug-likeness (QED) is 0.391. The zero-order chi connectivity index (χ0) is 22.2. The third-order valence-corrected chi connectivity index (χ3v) is 5.35. The highest BCUT2D eigenvalue weighted by molar-refractivity contribution is 6.51. The second-order valence-corrected chi connectivity index (χ2v) is 8.46. The number of amides is 1. The molecule has 1 amide bonds. The lowest BCUT2D eigenvalue weighted by Crippen LogP contribution is -2.31. The average Bonchev–Trinajstić information content (AvgIpc) is 3.04. The summed E-state index contributed by atoms with van der Waals surface area (Å²) >= 11 is 0. The van der Waals surface area contributed by atoms with E-state index in [4.69, 9.17) is 0 Å². The molecule has 1 fully saturated rings. The smallest absolute Gasteiger partial charge is 0.302 e. The molecule has 1 N–H and O–H groups in total. The predicted octanol–water partition coefficient (Wildman–Crippen LogP) is 4.40. The van der Waals surface area contributed by atoms with Crippen molar-refractivity contribution in [3.8, 4) is 0 Å². The Morgan fingerprint density at radius 3 is 2.10 bits per heavy atom. The molecular weight excluding hydrogens is 390 g/mol. The zero-order valence-electron chi connectivity index (χ0n) is 17.6. The summed E-state index contributed by atoms with van der Waals surface area (Å²) in [6.45, 7) is 6.34. The largest absolute Gasteiger partial charge is 0.507 e. The minimum absolute atomic E-state index is 0.0205. The number of Topliss-reactive ketones (excluding diaryl/α,β-unsaturated/α-hetero) is 1. The molecule has 1 atom stereocenters. The van der Waals surface area contributed by atoms with Crippen LogP contribution in [0.5, 0.6) is 0 Å². The number of anilines is 1. The lowest BCUT2D eigenvalue weighted by atomic mass is 9.85. The molecule has 1 aromatic heterocycles. The fraction of sp³-hybridized carbons (Fsp3) is 0.200. The van der Waals surface area contributed by atoms with E-state index in [0.29, 0.717) is 11.1 Å². The van der Waals surface area contributed by atoms with Gasteiger partial charge in [0.2, 0.25) is 5.95 Å². The number of aromatic nitrogens is 2. The number of carbonyl (C=O) groups is 2. The van der Waals surface area contributed by atoms with Gasteiger partial charge in [0, 0.05) is 18.0 Å². The number of carbonyl (C=O) groups excluding carboxylic acids is 2. The van der Waals surface area contributed by atoms with Gasteiger partial charge in [-0.05, 0) is 22.6 Å². The van der Waals surface area contributed by atoms with Crippen LogP contribution in [-0.4, -0.2) is 26.8 Å². The maximum atomic E-state index is 13.0. The molecule has 31 heavy (non-hydrogen) atoms. The van der Waals surface area contributed by atoms with Crippen LogP contribution in [0.15, 0.2) is 78.6 Å². The van der Waals surface area contributed by atoms with Crippen molar-refractivity contribution >= 4 is 23.4 Å². The first-order valence-electron chi connectivity index (χ1n) is 10.0. The molecule has 0 bridgehead atoms. The van der Waals surface area contributed by atoms with E-state index >= 15 is 0 Å². The van der Waals surface area contributed by atoms with Gasteiger partial charge >= 0.3 is 5.91 Å². The molecular formula is C25H23N3O3. The van der Waals surface area contributed by atoms with Gasteiger partial charge in [0.25, 0.3) is 5.78 Å². The van der Waals surface area contributed by atoms with Crippen molar-refractivity contribution in [2.75, 3.05) is 4.90 Å². The topological polar surface area (TPSA) is 83.4 Å². The maximum Gasteiger partial charge on any atom is 0.302 e. The summed E-state index contributed by atoms with van der Waals surface area (Å²) < 4.78 is 0. The Hall–Kier alpha value is -3.80. The van der Waals surface area contributed by atoms with Gasteiger partial charge in [-0.1, -0.05) is 75.4 Å². The molecule has 2 aromatic carbocycles. The molecule has 6 heteroatoms. The normalized spacial score (nSPS) is 18.4. The molecule has 4 rings (SSSR count). The Bertz CT molecular complexity index is 1150. The highest BCUT2D eigenvalue weighted by atomic mass is 16.3. The summed E-state index contributed by atoms with van der Waals surface area (Å²) in [6, 6.07) is 17.2. The van der Waals surface area contributed by atoms with Gasteiger partial charge in [-0.2, -0.15) is 0 Å². The number of hydrogen-bond acceptors (Lipinski definition) is 5. The van der Waals surface area contributed by atoms with Gasteiger partial charge in [-0.3, -0.25) is 14.5 Å². The minimum atomic E-state index is -0.836. The lowest BCUT2D eigenvalue weighted by molar-refractivity contribution is -0.132. The fourth-order valence-electron chi connectivity index (χ4n) is 3.69. The molecule has 3 aromatic rings. The molecule has 0 saturated carbocycles. The van der Waals surface area contributed by atoms with Crippen molar-refractivity contribution in [3.63, 3.8) is 0 Å². The van der Waals surface area contributed by atoms with Crippen LogP contribution >= 0.6 is 0 Å². The summed E-state index contributed by atoms with van der Waals surface area (Å²) in [5.74, 6) is -1.64. The Balaban J connectivity index is 1.92. The van der Waals surface area contributed by atoms with E-state index in [9.17, 15) is 14.7 Å². The maximum absolute atomic E-state index is 13.0. The van der Waals surface area contributed by atoms with Crippen LogP contribution in [0.1, 0.15) is 43.5 Å². The first-order valence-corrected chi connectivity index (χ1v) is 10.0. The number of hydrogen-bond donors (Lipinski definition) is 1. The summed E-state index contributed by atoms with van der Waals surface area (Å²) in [7, 11) is 0. The third kappa shape index (κ3) is 3.72. The van der Waals surface area contributed by atoms with Crippen LogP contribution in [0.4, 0.5) is 5.95 Å². The van der Waals surface area contributed by atoms with Crippen molar-refractivity contribution in [3.05, 3.63) is 95.3 Å². The number of nitrogens with zero attached hydrogens (tertiary/aromatic N) is 3. The monoisotopic (exact) mass is 413 g/mol. The van der Waals surface area contributed by atoms with E-state index in [1.807, 2.05) is 30.3 Å². The third-order valence-electron chi connectivity index (χ3n) is 5.35. The van der Waals surface area contributed by atoms with Crippen molar-refractivity contribution in [1.82, 2.24) is 9.97 Å². The Kier molecular flexibility index (Phi) is 5.15. The van der Waals surface area contributed by atoms with E-state index in [1.54, 1.807) is 30.3 Å². The molecule has 0 aliphatic carbocycles. The van der Waals surface area contributed by atoms with Crippen LogP contribution in [0.2, 0.25) is 0 Å². The summed E-state index contributed by atoms with van der Waals surface area (Å²) in [6.07, 6.45) is 3.03. The molecule has 1 saturated heterocycles. The Morgan fingerprint density at radius 1 is 0.903 bits per heavy atom. The lowest BCUT2D eigenvalue weighted by Gasteiger charge is -2.25. The molecule has 1 aliphatic rings. The van der Waals surface area contributed by atoms with Crippen molar-refractivity contribution in [2.45, 2.75) is 32.2 Å². The van der Waals surface area contributed by atoms with E-state index in [2.05, 4.69) is 30.7 Å². The van der Waals surface area contributed by atoms with Gasteiger partial charge in [-0.25, -0.2) is 9.97 Å². The summed E-state index contributed by atoms with van der Waals surface area (Å²) in [4.78, 5) is 35.7. The molecule has 1 unspecified atom stereocenters. The SMILES string of the molecule is CC(C)(C)c1ccc(C2/C(=C(/O)c3ccccc3)C(=O)C(=O)N2c2ncccn2)cc1. The van der Waals surface area contributed by atoms with Crippen LogP contribution in [0.3, 0.4) is 0 Å². The van der Waals surface area contributed by atoms with Gasteiger partial charge in [-0.15, -0.1) is 0 Å². The number of aliphatic hydroxyl groups is 1. The summed E-state index contributed by atoms with van der Waals surface area (Å²) in [5.41, 5.74) is 2.25. The van der Waals surface area contributed by atoms with E-state index in [-0.39, 0.29) is 22.7 Å². The number of rotatable bonds is 3. The van der Waals surface area contributed by atoms with Crippen LogP contribution in [-0.2, 0) is 15.0 Å². The second kappa shape index (κ2) is 7.80. The predicted molar refractivity (Wildman–Crippen MR) is 118 cm³/mol. The van der Waals surface area contributed by atoms with E-state index in [0.717, 1.165) is 5.56 Å². The summed E-state index contributed by atoms with van der Waals surface area (Å²) in [5, 5.41) is 11.0. The van der Waals surface area contributed by atoms with E-state index < -0.39 is 17.7 Å². The van der Waals surface area contributed by atoms with Crippen LogP contribution in [0, 0.1) is 0 Å². The number of ketones is 1. The first kappa shape index (κ1) is 20.5. The number of benzene rings is 2. The number of aliphatic hydroxyl groups excluding tert-OH is 1. The average molecular weight is 413 g/mol. The minimum Gasteiger partial charge on any atom is -0.507 e. The Morgan fingerprint density at radius 2 is 1.52 bits per heavy atom. The molecule has 156 valence electrons. The second-order valence-electron chi connectivity index (χ2n) is 8.46. The Labute approximate surface area is 180 Å². The zero-order valence-corrected chi connectivity index (χ0v) is 17.6. The molecule has 1 aliphatic heterocycles. The highest BCUT2D eigenvalue weighted by Crippen LogP contribution is 2.41. The van der Waals surface area contributed by atoms with E-state index in [1.165, 1.54) is 17.3 Å². The molecule has 6 nitrogen and oxygen atoms in total. The van der Waals surface area contributed by atoms with Gasteiger partial charge in [0.05, 0.1) is 11.6 Å².